The second kappa shape index (κ2) is 6.54. The van der Waals surface area contributed by atoms with Crippen molar-refractivity contribution in [3.8, 4) is 0 Å². The lowest BCUT2D eigenvalue weighted by Crippen LogP contribution is -2.05. The van der Waals surface area contributed by atoms with Crippen LogP contribution in [0, 0.1) is 10.1 Å². The van der Waals surface area contributed by atoms with Crippen molar-refractivity contribution in [2.45, 2.75) is 0 Å². The zero-order chi connectivity index (χ0) is 17.3. The van der Waals surface area contributed by atoms with E-state index < -0.39 is 10.9 Å². The Morgan fingerprint density at radius 2 is 1.92 bits per heavy atom. The van der Waals surface area contributed by atoms with Gasteiger partial charge >= 0.3 is 5.97 Å². The number of rotatable bonds is 3. The molecule has 0 aromatic heterocycles. The molecule has 1 aliphatic rings. The second-order valence-electron chi connectivity index (χ2n) is 4.81. The van der Waals surface area contributed by atoms with E-state index in [1.807, 2.05) is 0 Å². The maximum atomic E-state index is 11.9. The minimum atomic E-state index is -0.620. The van der Waals surface area contributed by atoms with Crippen molar-refractivity contribution in [1.29, 1.82) is 0 Å². The quantitative estimate of drug-likeness (QED) is 0.328. The topological polar surface area (TPSA) is 81.8 Å². The lowest BCUT2D eigenvalue weighted by molar-refractivity contribution is -0.384. The number of nitro groups is 1. The van der Waals surface area contributed by atoms with Gasteiger partial charge in [-0.1, -0.05) is 33.6 Å². The molecule has 2 aromatic carbocycles. The summed E-state index contributed by atoms with van der Waals surface area (Å²) in [6, 6.07) is 11.3. The fourth-order valence-corrected chi connectivity index (χ4v) is 2.49. The number of cyclic esters (lactones) is 1. The van der Waals surface area contributed by atoms with Crippen LogP contribution in [0.25, 0.3) is 6.08 Å². The molecule has 8 heteroatoms. The van der Waals surface area contributed by atoms with Gasteiger partial charge in [-0.3, -0.25) is 10.1 Å². The fraction of sp³-hybridized carbons (Fsp3) is 0. The molecule has 120 valence electrons. The summed E-state index contributed by atoms with van der Waals surface area (Å²) < 4.78 is 6.03. The molecular formula is C16H8BrClN2O4. The van der Waals surface area contributed by atoms with Gasteiger partial charge in [0.05, 0.1) is 4.92 Å². The van der Waals surface area contributed by atoms with Crippen LogP contribution < -0.4 is 0 Å². The predicted octanol–water partition coefficient (Wildman–Crippen LogP) is 4.36. The van der Waals surface area contributed by atoms with Crippen molar-refractivity contribution in [2.75, 3.05) is 0 Å². The van der Waals surface area contributed by atoms with Crippen molar-refractivity contribution in [3.63, 3.8) is 0 Å². The molecule has 0 aliphatic carbocycles. The van der Waals surface area contributed by atoms with Crippen LogP contribution in [0.1, 0.15) is 11.1 Å². The Kier molecular flexibility index (Phi) is 4.46. The predicted molar refractivity (Wildman–Crippen MR) is 92.9 cm³/mol. The van der Waals surface area contributed by atoms with E-state index in [9.17, 15) is 14.9 Å². The molecular weight excluding hydrogens is 400 g/mol. The Labute approximate surface area is 149 Å². The van der Waals surface area contributed by atoms with Crippen molar-refractivity contribution in [1.82, 2.24) is 0 Å². The average molecular weight is 408 g/mol. The first-order valence-electron chi connectivity index (χ1n) is 6.66. The van der Waals surface area contributed by atoms with Crippen molar-refractivity contribution >= 4 is 51.2 Å². The minimum absolute atomic E-state index is 0.0233. The molecule has 0 spiro atoms. The van der Waals surface area contributed by atoms with E-state index in [4.69, 9.17) is 16.3 Å². The number of carbonyl (C=O) groups is 1. The smallest absolute Gasteiger partial charge is 0.363 e. The Hall–Kier alpha value is -2.51. The summed E-state index contributed by atoms with van der Waals surface area (Å²) in [5.41, 5.74) is 0.898. The van der Waals surface area contributed by atoms with E-state index in [2.05, 4.69) is 20.9 Å². The van der Waals surface area contributed by atoms with Gasteiger partial charge in [-0.25, -0.2) is 9.79 Å². The zero-order valence-corrected chi connectivity index (χ0v) is 14.2. The molecule has 0 saturated carbocycles. The van der Waals surface area contributed by atoms with Gasteiger partial charge in [0.2, 0.25) is 5.90 Å². The first-order chi connectivity index (χ1) is 11.4. The number of aliphatic imine (C=N–C) groups is 1. The molecule has 0 unspecified atom stereocenters. The summed E-state index contributed by atoms with van der Waals surface area (Å²) in [4.78, 5) is 26.4. The Balaban J connectivity index is 1.95. The summed E-state index contributed by atoms with van der Waals surface area (Å²) in [6.45, 7) is 0. The minimum Gasteiger partial charge on any atom is -0.402 e. The molecule has 24 heavy (non-hydrogen) atoms. The van der Waals surface area contributed by atoms with E-state index in [0.717, 1.165) is 4.47 Å². The lowest BCUT2D eigenvalue weighted by atomic mass is 10.1. The third-order valence-corrected chi connectivity index (χ3v) is 4.03. The first-order valence-corrected chi connectivity index (χ1v) is 7.83. The van der Waals surface area contributed by atoms with Gasteiger partial charge in [0.15, 0.2) is 5.70 Å². The second-order valence-corrected chi connectivity index (χ2v) is 6.13. The van der Waals surface area contributed by atoms with E-state index in [1.165, 1.54) is 18.2 Å². The number of hydrogen-bond donors (Lipinski definition) is 0. The molecule has 0 atom stereocenters. The number of nitro benzene ring substituents is 1. The van der Waals surface area contributed by atoms with Gasteiger partial charge in [-0.05, 0) is 42.0 Å². The largest absolute Gasteiger partial charge is 0.402 e. The lowest BCUT2D eigenvalue weighted by Gasteiger charge is -1.98. The number of nitrogens with zero attached hydrogens (tertiary/aromatic N) is 2. The van der Waals surface area contributed by atoms with E-state index >= 15 is 0 Å². The normalized spacial score (nSPS) is 15.3. The van der Waals surface area contributed by atoms with Crippen LogP contribution >= 0.6 is 27.5 Å². The highest BCUT2D eigenvalue weighted by molar-refractivity contribution is 9.10. The molecule has 1 heterocycles. The summed E-state index contributed by atoms with van der Waals surface area (Å²) in [6.07, 6.45) is 1.41. The van der Waals surface area contributed by atoms with Crippen molar-refractivity contribution in [3.05, 3.63) is 78.9 Å². The summed E-state index contributed by atoms with van der Waals surface area (Å²) in [5, 5.41) is 10.9. The summed E-state index contributed by atoms with van der Waals surface area (Å²) in [7, 11) is 0. The third kappa shape index (κ3) is 3.37. The highest BCUT2D eigenvalue weighted by atomic mass is 79.9. The van der Waals surface area contributed by atoms with Crippen LogP contribution in [0.3, 0.4) is 0 Å². The van der Waals surface area contributed by atoms with Crippen LogP contribution in [0.4, 0.5) is 5.69 Å². The summed E-state index contributed by atoms with van der Waals surface area (Å²) in [5.74, 6) is -0.437. The van der Waals surface area contributed by atoms with Gasteiger partial charge in [-0.15, -0.1) is 0 Å². The van der Waals surface area contributed by atoms with Gasteiger partial charge < -0.3 is 4.74 Å². The molecule has 2 aromatic rings. The zero-order valence-electron chi connectivity index (χ0n) is 11.9. The number of ether oxygens (including phenoxy) is 1. The fourth-order valence-electron chi connectivity index (χ4n) is 2.04. The molecule has 6 nitrogen and oxygen atoms in total. The first kappa shape index (κ1) is 16.4. The van der Waals surface area contributed by atoms with Crippen molar-refractivity contribution < 1.29 is 14.5 Å². The molecule has 0 N–H and O–H groups in total. The Morgan fingerprint density at radius 1 is 1.21 bits per heavy atom. The van der Waals surface area contributed by atoms with E-state index in [1.54, 1.807) is 30.3 Å². The number of carbonyl (C=O) groups excluding carboxylic acids is 1. The van der Waals surface area contributed by atoms with Crippen molar-refractivity contribution in [2.24, 2.45) is 4.99 Å². The van der Waals surface area contributed by atoms with Crippen LogP contribution in [-0.2, 0) is 9.53 Å². The maximum absolute atomic E-state index is 11.9. The number of halogens is 2. The number of hydrogen-bond acceptors (Lipinski definition) is 5. The monoisotopic (exact) mass is 406 g/mol. The molecule has 0 radical (unpaired) electrons. The molecule has 1 aliphatic heterocycles. The third-order valence-electron chi connectivity index (χ3n) is 3.18. The van der Waals surface area contributed by atoms with Gasteiger partial charge in [0, 0.05) is 16.1 Å². The summed E-state index contributed by atoms with van der Waals surface area (Å²) >= 11 is 9.09. The van der Waals surface area contributed by atoms with Crippen LogP contribution in [0.15, 0.2) is 57.6 Å². The SMILES string of the molecule is O=C1OC(c2ccc(Br)cc2)=N/C1=C\c1ccc(Cl)c([N+](=O)[O-])c1. The maximum Gasteiger partial charge on any atom is 0.363 e. The van der Waals surface area contributed by atoms with Gasteiger partial charge in [0.1, 0.15) is 5.02 Å². The molecule has 0 amide bonds. The standard InChI is InChI=1S/C16H8BrClN2O4/c17-11-4-2-10(3-5-11)15-19-13(16(21)24-15)7-9-1-6-12(18)14(8-9)20(22)23/h1-8H/b13-7-. The molecule has 0 saturated heterocycles. The number of esters is 1. The van der Waals surface area contributed by atoms with Crippen LogP contribution in [0.5, 0.6) is 0 Å². The highest BCUT2D eigenvalue weighted by Crippen LogP contribution is 2.27. The van der Waals surface area contributed by atoms with E-state index in [-0.39, 0.29) is 22.3 Å². The van der Waals surface area contributed by atoms with Gasteiger partial charge in [-0.2, -0.15) is 0 Å². The van der Waals surface area contributed by atoms with Gasteiger partial charge in [0.25, 0.3) is 5.69 Å². The molecule has 0 bridgehead atoms. The number of benzene rings is 2. The van der Waals surface area contributed by atoms with Crippen LogP contribution in [-0.4, -0.2) is 16.8 Å². The van der Waals surface area contributed by atoms with E-state index in [0.29, 0.717) is 11.1 Å². The Bertz CT molecular complexity index is 907. The highest BCUT2D eigenvalue weighted by Gasteiger charge is 2.24. The van der Waals surface area contributed by atoms with Crippen LogP contribution in [0.2, 0.25) is 5.02 Å². The molecule has 3 rings (SSSR count). The molecule has 0 fully saturated rings. The Morgan fingerprint density at radius 3 is 2.58 bits per heavy atom. The average Bonchev–Trinajstić information content (AvgIpc) is 2.90.